The molecule has 0 N–H and O–H groups in total. The zero-order chi connectivity index (χ0) is 16.6. The number of carbonyl (C=O) groups excluding carboxylic acids is 1. The van der Waals surface area contributed by atoms with E-state index < -0.39 is 0 Å². The fourth-order valence-electron chi connectivity index (χ4n) is 3.56. The van der Waals surface area contributed by atoms with Crippen molar-refractivity contribution in [3.8, 4) is 0 Å². The summed E-state index contributed by atoms with van der Waals surface area (Å²) in [7, 11) is 1.89. The summed E-state index contributed by atoms with van der Waals surface area (Å²) < 4.78 is 3.92. The molecule has 2 aromatic rings. The van der Waals surface area contributed by atoms with Gasteiger partial charge in [0, 0.05) is 38.2 Å². The Hall–Kier alpha value is -2.11. The van der Waals surface area contributed by atoms with Gasteiger partial charge in [-0.1, -0.05) is 0 Å². The molecular weight excluding hydrogens is 290 g/mol. The van der Waals surface area contributed by atoms with Gasteiger partial charge in [0.05, 0.1) is 17.3 Å². The molecule has 6 nitrogen and oxygen atoms in total. The molecule has 0 bridgehead atoms. The van der Waals surface area contributed by atoms with E-state index in [4.69, 9.17) is 0 Å². The maximum Gasteiger partial charge on any atom is 0.258 e. The van der Waals surface area contributed by atoms with Crippen LogP contribution >= 0.6 is 0 Å². The van der Waals surface area contributed by atoms with Gasteiger partial charge in [-0.3, -0.25) is 9.48 Å². The van der Waals surface area contributed by atoms with Gasteiger partial charge in [-0.15, -0.1) is 0 Å². The van der Waals surface area contributed by atoms with Crippen LogP contribution in [0.5, 0.6) is 0 Å². The van der Waals surface area contributed by atoms with Gasteiger partial charge >= 0.3 is 0 Å². The number of amides is 1. The fraction of sp³-hybridized carbons (Fsp3) is 0.588. The van der Waals surface area contributed by atoms with Crippen molar-refractivity contribution in [1.82, 2.24) is 24.2 Å². The fourth-order valence-corrected chi connectivity index (χ4v) is 3.56. The van der Waals surface area contributed by atoms with E-state index in [1.54, 1.807) is 4.68 Å². The van der Waals surface area contributed by atoms with Crippen LogP contribution in [0.15, 0.2) is 12.4 Å². The summed E-state index contributed by atoms with van der Waals surface area (Å²) >= 11 is 0. The van der Waals surface area contributed by atoms with Crippen LogP contribution in [-0.4, -0.2) is 36.7 Å². The molecular formula is C17H25N5O. The number of aromatic nitrogens is 4. The highest BCUT2D eigenvalue weighted by molar-refractivity contribution is 5.96. The number of carbonyl (C=O) groups is 1. The predicted octanol–water partition coefficient (Wildman–Crippen LogP) is 2.62. The van der Waals surface area contributed by atoms with E-state index in [2.05, 4.69) is 21.6 Å². The van der Waals surface area contributed by atoms with Gasteiger partial charge in [0.25, 0.3) is 5.91 Å². The van der Waals surface area contributed by atoms with Gasteiger partial charge < -0.3 is 9.47 Å². The van der Waals surface area contributed by atoms with Crippen molar-refractivity contribution in [1.29, 1.82) is 0 Å². The average molecular weight is 315 g/mol. The van der Waals surface area contributed by atoms with Gasteiger partial charge in [-0.2, -0.15) is 5.10 Å². The van der Waals surface area contributed by atoms with E-state index in [-0.39, 0.29) is 11.9 Å². The van der Waals surface area contributed by atoms with Crippen LogP contribution < -0.4 is 0 Å². The van der Waals surface area contributed by atoms with Crippen molar-refractivity contribution in [3.05, 3.63) is 35.2 Å². The normalized spacial score (nSPS) is 18.4. The van der Waals surface area contributed by atoms with E-state index in [0.717, 1.165) is 55.1 Å². The smallest absolute Gasteiger partial charge is 0.258 e. The van der Waals surface area contributed by atoms with Crippen LogP contribution in [0.25, 0.3) is 0 Å². The third-order valence-corrected chi connectivity index (χ3v) is 4.87. The molecule has 2 aromatic heterocycles. The zero-order valence-electron chi connectivity index (χ0n) is 14.4. The summed E-state index contributed by atoms with van der Waals surface area (Å²) in [6.45, 7) is 7.63. The second-order valence-corrected chi connectivity index (χ2v) is 6.25. The Balaban J connectivity index is 1.97. The molecule has 1 aliphatic rings. The molecule has 1 atom stereocenters. The Labute approximate surface area is 137 Å². The van der Waals surface area contributed by atoms with Crippen molar-refractivity contribution in [2.75, 3.05) is 6.54 Å². The highest BCUT2D eigenvalue weighted by atomic mass is 16.2. The largest absolute Gasteiger partial charge is 0.333 e. The second-order valence-electron chi connectivity index (χ2n) is 6.25. The quantitative estimate of drug-likeness (QED) is 0.875. The lowest BCUT2D eigenvalue weighted by Gasteiger charge is -2.35. The minimum Gasteiger partial charge on any atom is -0.333 e. The number of imidazole rings is 1. The number of nitrogens with zero attached hydrogens (tertiary/aromatic N) is 5. The number of piperidine rings is 1. The molecule has 0 spiro atoms. The van der Waals surface area contributed by atoms with Crippen molar-refractivity contribution >= 4 is 5.91 Å². The Morgan fingerprint density at radius 1 is 1.35 bits per heavy atom. The molecule has 3 rings (SSSR count). The first kappa shape index (κ1) is 15.8. The summed E-state index contributed by atoms with van der Waals surface area (Å²) in [6.07, 6.45) is 6.98. The summed E-state index contributed by atoms with van der Waals surface area (Å²) in [6, 6.07) is 0.0604. The predicted molar refractivity (Wildman–Crippen MR) is 88.2 cm³/mol. The second kappa shape index (κ2) is 6.18. The van der Waals surface area contributed by atoms with Gasteiger partial charge in [0.1, 0.15) is 5.82 Å². The minimum absolute atomic E-state index is 0.0604. The van der Waals surface area contributed by atoms with Crippen LogP contribution in [0.3, 0.4) is 0 Å². The lowest BCUT2D eigenvalue weighted by Crippen LogP contribution is -2.40. The van der Waals surface area contributed by atoms with Crippen LogP contribution in [0.2, 0.25) is 0 Å². The first-order valence-corrected chi connectivity index (χ1v) is 8.36. The molecule has 0 aliphatic carbocycles. The van der Waals surface area contributed by atoms with E-state index in [0.29, 0.717) is 0 Å². The van der Waals surface area contributed by atoms with Crippen molar-refractivity contribution in [2.24, 2.45) is 7.05 Å². The van der Waals surface area contributed by atoms with Gasteiger partial charge in [0.15, 0.2) is 0 Å². The molecule has 6 heteroatoms. The number of hydrogen-bond acceptors (Lipinski definition) is 3. The SMILES string of the molecule is CCn1ccnc1[C@H]1CCCCN1C(=O)c1c(C)nn(C)c1C. The molecule has 0 saturated carbocycles. The molecule has 124 valence electrons. The molecule has 0 aromatic carbocycles. The minimum atomic E-state index is 0.0604. The topological polar surface area (TPSA) is 56.0 Å². The third kappa shape index (κ3) is 2.66. The molecule has 1 fully saturated rings. The van der Waals surface area contributed by atoms with E-state index in [1.165, 1.54) is 0 Å². The number of aryl methyl sites for hydroxylation is 3. The van der Waals surface area contributed by atoms with Crippen molar-refractivity contribution < 1.29 is 4.79 Å². The van der Waals surface area contributed by atoms with Crippen molar-refractivity contribution in [2.45, 2.75) is 52.6 Å². The summed E-state index contributed by atoms with van der Waals surface area (Å²) in [5.74, 6) is 1.09. The lowest BCUT2D eigenvalue weighted by molar-refractivity contribution is 0.0593. The van der Waals surface area contributed by atoms with Gasteiger partial charge in [-0.05, 0) is 40.0 Å². The first-order valence-electron chi connectivity index (χ1n) is 8.36. The number of hydrogen-bond donors (Lipinski definition) is 0. The molecule has 0 radical (unpaired) electrons. The zero-order valence-corrected chi connectivity index (χ0v) is 14.4. The molecule has 23 heavy (non-hydrogen) atoms. The standard InChI is InChI=1S/C17H25N5O/c1-5-21-11-9-18-16(21)14-8-6-7-10-22(14)17(23)15-12(2)19-20(4)13(15)3/h9,11,14H,5-8,10H2,1-4H3/t14-/m1/s1. The van der Waals surface area contributed by atoms with Crippen LogP contribution in [0.1, 0.15) is 59.8 Å². The van der Waals surface area contributed by atoms with E-state index in [9.17, 15) is 4.79 Å². The Bertz CT molecular complexity index is 715. The van der Waals surface area contributed by atoms with Gasteiger partial charge in [0.2, 0.25) is 0 Å². The molecule has 1 saturated heterocycles. The third-order valence-electron chi connectivity index (χ3n) is 4.87. The summed E-state index contributed by atoms with van der Waals surface area (Å²) in [5, 5.41) is 4.40. The van der Waals surface area contributed by atoms with Crippen LogP contribution in [0, 0.1) is 13.8 Å². The summed E-state index contributed by atoms with van der Waals surface area (Å²) in [4.78, 5) is 19.7. The summed E-state index contributed by atoms with van der Waals surface area (Å²) in [5.41, 5.74) is 2.47. The lowest BCUT2D eigenvalue weighted by atomic mass is 9.99. The highest BCUT2D eigenvalue weighted by Gasteiger charge is 2.33. The Kier molecular flexibility index (Phi) is 4.24. The Morgan fingerprint density at radius 3 is 2.78 bits per heavy atom. The molecule has 3 heterocycles. The monoisotopic (exact) mass is 315 g/mol. The first-order chi connectivity index (χ1) is 11.0. The van der Waals surface area contributed by atoms with E-state index >= 15 is 0 Å². The maximum atomic E-state index is 13.2. The van der Waals surface area contributed by atoms with Crippen LogP contribution in [0.4, 0.5) is 0 Å². The molecule has 0 unspecified atom stereocenters. The highest BCUT2D eigenvalue weighted by Crippen LogP contribution is 2.32. The molecule has 1 aliphatic heterocycles. The molecule has 1 amide bonds. The Morgan fingerprint density at radius 2 is 2.13 bits per heavy atom. The number of rotatable bonds is 3. The number of likely N-dealkylation sites (tertiary alicyclic amines) is 1. The van der Waals surface area contributed by atoms with E-state index in [1.807, 2.05) is 38.2 Å². The van der Waals surface area contributed by atoms with Crippen LogP contribution in [-0.2, 0) is 13.6 Å². The maximum absolute atomic E-state index is 13.2. The van der Waals surface area contributed by atoms with Crippen molar-refractivity contribution in [3.63, 3.8) is 0 Å². The van der Waals surface area contributed by atoms with Gasteiger partial charge in [-0.25, -0.2) is 4.98 Å². The average Bonchev–Trinajstić information content (AvgIpc) is 3.11.